The van der Waals surface area contributed by atoms with Crippen LogP contribution in [0.2, 0.25) is 0 Å². The summed E-state index contributed by atoms with van der Waals surface area (Å²) in [6.07, 6.45) is 59.7. The second-order valence-electron chi connectivity index (χ2n) is 26.2. The second-order valence-corrected chi connectivity index (χ2v) is 26.2. The van der Waals surface area contributed by atoms with Crippen LogP contribution in [0.3, 0.4) is 0 Å². The topological polar surface area (TPSA) is 179 Å². The Balaban J connectivity index is 1.66. The van der Waals surface area contributed by atoms with E-state index < -0.39 is 60.8 Å². The number of aryl methyl sites for hydroxylation is 1. The summed E-state index contributed by atoms with van der Waals surface area (Å²) in [4.78, 5) is 56.2. The standard InChI is InChI=1S/C74H131N3O11/c1-6-9-12-15-18-21-24-27-30-33-36-39-42-45-48-51-54-84-65-57-64(72(81)76(5)61-69(79)88-74(83)59-68(87-67(74)62-78)77-60-63(4)71(80)75-73(77)82)58-66(85-55-52-49-46-43-40-37-34-31-28-25-22-19-16-13-10-7-2)70(65)86-56-53-50-47-44-41-38-35-32-29-26-23-20-17-14-11-8-3/h57-58,60,67-68,78,83H,6-56,59,61-62H2,1-5H3,(H,75,80,82)/t67-,68-,74-/m1/s1. The quantitative estimate of drug-likeness (QED) is 0.0326. The van der Waals surface area contributed by atoms with Gasteiger partial charge in [-0.2, -0.15) is 0 Å². The summed E-state index contributed by atoms with van der Waals surface area (Å²) in [7, 11) is 1.48. The van der Waals surface area contributed by atoms with Crippen molar-refractivity contribution in [3.63, 3.8) is 0 Å². The number of nitrogens with zero attached hydrogens (tertiary/aromatic N) is 2. The third-order valence-electron chi connectivity index (χ3n) is 17.9. The van der Waals surface area contributed by atoms with Crippen molar-refractivity contribution in [1.82, 2.24) is 14.5 Å². The number of ether oxygens (including phenoxy) is 5. The van der Waals surface area contributed by atoms with E-state index in [1.54, 1.807) is 12.1 Å². The summed E-state index contributed by atoms with van der Waals surface area (Å²) < 4.78 is 32.2. The number of likely N-dealkylation sites (N-methyl/N-ethyl adjacent to an activating group) is 1. The van der Waals surface area contributed by atoms with E-state index in [0.717, 1.165) is 62.4 Å². The minimum atomic E-state index is -2.34. The van der Waals surface area contributed by atoms with Crippen molar-refractivity contribution < 1.29 is 43.5 Å². The molecule has 0 unspecified atom stereocenters. The first-order valence-corrected chi connectivity index (χ1v) is 36.8. The molecule has 1 saturated heterocycles. The van der Waals surface area contributed by atoms with Crippen LogP contribution >= 0.6 is 0 Å². The largest absolute Gasteiger partial charge is 0.490 e. The number of rotatable bonds is 60. The van der Waals surface area contributed by atoms with Crippen molar-refractivity contribution in [2.45, 2.75) is 360 Å². The van der Waals surface area contributed by atoms with Crippen molar-refractivity contribution in [3.8, 4) is 17.2 Å². The summed E-state index contributed by atoms with van der Waals surface area (Å²) >= 11 is 0. The number of hydrogen-bond acceptors (Lipinski definition) is 11. The minimum absolute atomic E-state index is 0.230. The van der Waals surface area contributed by atoms with Crippen LogP contribution < -0.4 is 25.5 Å². The maximum Gasteiger partial charge on any atom is 0.330 e. The fourth-order valence-corrected chi connectivity index (χ4v) is 12.2. The number of nitrogens with one attached hydrogen (secondary N) is 1. The van der Waals surface area contributed by atoms with Gasteiger partial charge in [-0.1, -0.05) is 310 Å². The Morgan fingerprint density at radius 2 is 0.852 bits per heavy atom. The van der Waals surface area contributed by atoms with Gasteiger partial charge in [0.2, 0.25) is 11.5 Å². The van der Waals surface area contributed by atoms with Crippen molar-refractivity contribution in [3.05, 3.63) is 50.3 Å². The zero-order valence-electron chi connectivity index (χ0n) is 57.0. The number of benzene rings is 1. The van der Waals surface area contributed by atoms with Crippen LogP contribution in [0.25, 0.3) is 0 Å². The first-order chi connectivity index (χ1) is 43.0. The predicted molar refractivity (Wildman–Crippen MR) is 361 cm³/mol. The van der Waals surface area contributed by atoms with Gasteiger partial charge in [0, 0.05) is 24.4 Å². The lowest BCUT2D eigenvalue weighted by atomic mass is 10.0. The van der Waals surface area contributed by atoms with Crippen molar-refractivity contribution in [2.75, 3.05) is 40.0 Å². The predicted octanol–water partition coefficient (Wildman–Crippen LogP) is 19.0. The number of H-pyrrole nitrogens is 1. The van der Waals surface area contributed by atoms with E-state index in [4.69, 9.17) is 23.7 Å². The molecule has 0 saturated carbocycles. The minimum Gasteiger partial charge on any atom is -0.490 e. The van der Waals surface area contributed by atoms with Crippen LogP contribution in [-0.4, -0.2) is 88.5 Å². The first-order valence-electron chi connectivity index (χ1n) is 36.8. The van der Waals surface area contributed by atoms with Gasteiger partial charge >= 0.3 is 11.7 Å². The van der Waals surface area contributed by atoms with Crippen LogP contribution in [0, 0.1) is 6.92 Å². The van der Waals surface area contributed by atoms with Crippen LogP contribution in [0.4, 0.5) is 0 Å². The van der Waals surface area contributed by atoms with E-state index in [1.165, 1.54) is 275 Å². The Labute approximate surface area is 535 Å². The molecular formula is C74H131N3O11. The maximum absolute atomic E-state index is 14.4. The van der Waals surface area contributed by atoms with Gasteiger partial charge < -0.3 is 38.8 Å². The Hall–Kier alpha value is -3.88. The molecule has 508 valence electrons. The average Bonchev–Trinajstić information content (AvgIpc) is 2.67. The number of aliphatic hydroxyl groups is 2. The lowest BCUT2D eigenvalue weighted by Crippen LogP contribution is -2.46. The molecule has 2 aromatic rings. The highest BCUT2D eigenvalue weighted by Gasteiger charge is 2.51. The third kappa shape index (κ3) is 35.6. The molecule has 0 spiro atoms. The van der Waals surface area contributed by atoms with E-state index in [9.17, 15) is 29.4 Å². The highest BCUT2D eigenvalue weighted by atomic mass is 16.7. The van der Waals surface area contributed by atoms with Crippen LogP contribution in [0.1, 0.15) is 358 Å². The van der Waals surface area contributed by atoms with Crippen molar-refractivity contribution in [2.24, 2.45) is 0 Å². The van der Waals surface area contributed by atoms with Gasteiger partial charge in [0.1, 0.15) is 18.9 Å². The molecule has 0 aliphatic carbocycles. The van der Waals surface area contributed by atoms with Gasteiger partial charge in [0.15, 0.2) is 11.5 Å². The number of unbranched alkanes of at least 4 members (excludes halogenated alkanes) is 45. The van der Waals surface area contributed by atoms with Gasteiger partial charge in [-0.25, -0.2) is 4.79 Å². The first kappa shape index (κ1) is 78.4. The molecule has 3 N–H and O–H groups in total. The van der Waals surface area contributed by atoms with Gasteiger partial charge in [-0.15, -0.1) is 0 Å². The van der Waals surface area contributed by atoms with E-state index in [0.29, 0.717) is 37.1 Å². The van der Waals surface area contributed by atoms with E-state index in [2.05, 4.69) is 25.8 Å². The summed E-state index contributed by atoms with van der Waals surface area (Å²) in [5, 5.41) is 21.8. The monoisotopic (exact) mass is 1240 g/mol. The van der Waals surface area contributed by atoms with Gasteiger partial charge in [-0.3, -0.25) is 23.9 Å². The number of carbonyl (C=O) groups excluding carboxylic acids is 2. The van der Waals surface area contributed by atoms with Gasteiger partial charge in [-0.05, 0) is 38.3 Å². The van der Waals surface area contributed by atoms with Crippen LogP contribution in [0.15, 0.2) is 27.9 Å². The Kier molecular flexibility index (Phi) is 46.0. The Morgan fingerprint density at radius 1 is 0.534 bits per heavy atom. The molecule has 1 aliphatic heterocycles. The normalized spacial score (nSPS) is 15.7. The SMILES string of the molecule is CCCCCCCCCCCCCCCCCCOc1cc(C(=O)N(C)CC(=O)O[C@]2(O)C[C@H](n3cc(C)c(=O)[nH]c3=O)O[C@@H]2CO)cc(OCCCCCCCCCCCCCCCCCC)c1OCCCCCCCCCCCCCCCCCC. The molecular weight excluding hydrogens is 1110 g/mol. The van der Waals surface area contributed by atoms with Gasteiger partial charge in [0.25, 0.3) is 11.5 Å². The van der Waals surface area contributed by atoms with Crippen molar-refractivity contribution >= 4 is 11.9 Å². The molecule has 2 heterocycles. The molecule has 88 heavy (non-hydrogen) atoms. The fraction of sp³-hybridized carbons (Fsp3) is 0.838. The molecule has 1 aliphatic rings. The summed E-state index contributed by atoms with van der Waals surface area (Å²) in [6, 6.07) is 3.38. The third-order valence-corrected chi connectivity index (χ3v) is 17.9. The van der Waals surface area contributed by atoms with Crippen LogP contribution in [0.5, 0.6) is 17.2 Å². The molecule has 0 bridgehead atoms. The van der Waals surface area contributed by atoms with E-state index >= 15 is 0 Å². The number of amides is 1. The second kappa shape index (κ2) is 51.7. The van der Waals surface area contributed by atoms with Crippen molar-refractivity contribution in [1.29, 1.82) is 0 Å². The zero-order chi connectivity index (χ0) is 63.6. The maximum atomic E-state index is 14.4. The van der Waals surface area contributed by atoms with E-state index in [1.807, 2.05) is 0 Å². The molecule has 14 heteroatoms. The fourth-order valence-electron chi connectivity index (χ4n) is 12.2. The molecule has 3 rings (SSSR count). The molecule has 1 aromatic carbocycles. The van der Waals surface area contributed by atoms with E-state index in [-0.39, 0.29) is 11.1 Å². The number of esters is 1. The highest BCUT2D eigenvalue weighted by Crippen LogP contribution is 2.41. The average molecular weight is 1240 g/mol. The Morgan fingerprint density at radius 3 is 1.18 bits per heavy atom. The summed E-state index contributed by atoms with van der Waals surface area (Å²) in [6.45, 7) is 8.45. The number of aliphatic hydroxyl groups excluding tert-OH is 1. The molecule has 0 radical (unpaired) electrons. The molecule has 14 nitrogen and oxygen atoms in total. The number of carbonyl (C=O) groups is 2. The molecule has 1 amide bonds. The zero-order valence-corrected chi connectivity index (χ0v) is 57.0. The molecule has 3 atom stereocenters. The highest BCUT2D eigenvalue weighted by molar-refractivity contribution is 5.97. The van der Waals surface area contributed by atoms with Crippen LogP contribution in [-0.2, 0) is 14.3 Å². The Bertz CT molecular complexity index is 2100. The number of hydrogen-bond donors (Lipinski definition) is 3. The molecule has 1 aromatic heterocycles. The number of aromatic nitrogens is 2. The molecule has 1 fully saturated rings. The summed E-state index contributed by atoms with van der Waals surface area (Å²) in [5.41, 5.74) is -0.869. The summed E-state index contributed by atoms with van der Waals surface area (Å²) in [5.74, 6) is -2.42. The van der Waals surface area contributed by atoms with Gasteiger partial charge in [0.05, 0.1) is 32.8 Å². The lowest BCUT2D eigenvalue weighted by molar-refractivity contribution is -0.231. The lowest BCUT2D eigenvalue weighted by Gasteiger charge is -2.27. The smallest absolute Gasteiger partial charge is 0.330 e. The number of aromatic amines is 1.